The van der Waals surface area contributed by atoms with Crippen LogP contribution in [0.5, 0.6) is 0 Å². The van der Waals surface area contributed by atoms with Gasteiger partial charge in [-0.2, -0.15) is 0 Å². The van der Waals surface area contributed by atoms with E-state index in [2.05, 4.69) is 5.32 Å². The fraction of sp³-hybridized carbons (Fsp3) is 0.310. The van der Waals surface area contributed by atoms with Crippen LogP contribution in [0, 0.1) is 5.92 Å². The molecule has 0 saturated carbocycles. The van der Waals surface area contributed by atoms with Gasteiger partial charge in [-0.3, -0.25) is 13.9 Å². The predicted octanol–water partition coefficient (Wildman–Crippen LogP) is 5.83. The van der Waals surface area contributed by atoms with Crippen LogP contribution in [0.3, 0.4) is 0 Å². The van der Waals surface area contributed by atoms with Crippen molar-refractivity contribution in [1.82, 2.24) is 10.2 Å². The van der Waals surface area contributed by atoms with E-state index in [1.807, 2.05) is 44.2 Å². The Labute approximate surface area is 251 Å². The average Bonchev–Trinajstić information content (AvgIpc) is 2.90. The first-order valence-corrected chi connectivity index (χ1v) is 15.6. The molecule has 3 rings (SSSR count). The summed E-state index contributed by atoms with van der Waals surface area (Å²) in [5, 5.41) is 3.87. The number of carbonyl (C=O) groups excluding carboxylic acids is 2. The van der Waals surface area contributed by atoms with E-state index in [-0.39, 0.29) is 40.5 Å². The Balaban J connectivity index is 2.05. The third kappa shape index (κ3) is 9.13. The van der Waals surface area contributed by atoms with E-state index in [4.69, 9.17) is 34.8 Å². The number of sulfonamides is 1. The lowest BCUT2D eigenvalue weighted by Gasteiger charge is -2.33. The lowest BCUT2D eigenvalue weighted by molar-refractivity contribution is -0.140. The van der Waals surface area contributed by atoms with Gasteiger partial charge in [0.1, 0.15) is 12.6 Å². The fourth-order valence-electron chi connectivity index (χ4n) is 4.02. The number of amides is 2. The van der Waals surface area contributed by atoms with Crippen molar-refractivity contribution >= 4 is 62.3 Å². The van der Waals surface area contributed by atoms with Crippen LogP contribution < -0.4 is 9.62 Å². The molecule has 0 heterocycles. The number of benzene rings is 3. The molecule has 7 nitrogen and oxygen atoms in total. The lowest BCUT2D eigenvalue weighted by Crippen LogP contribution is -2.53. The minimum atomic E-state index is -3.91. The molecule has 0 aromatic heterocycles. The fourth-order valence-corrected chi connectivity index (χ4v) is 5.28. The van der Waals surface area contributed by atoms with E-state index >= 15 is 0 Å². The molecular weight excluding hydrogens is 593 g/mol. The highest BCUT2D eigenvalue weighted by Crippen LogP contribution is 2.29. The van der Waals surface area contributed by atoms with Gasteiger partial charge in [0.05, 0.1) is 22.0 Å². The number of halogens is 3. The van der Waals surface area contributed by atoms with Crippen LogP contribution in [0.25, 0.3) is 0 Å². The maximum absolute atomic E-state index is 14.0. The van der Waals surface area contributed by atoms with Gasteiger partial charge in [0.2, 0.25) is 21.8 Å². The number of rotatable bonds is 12. The molecule has 214 valence electrons. The second-order valence-corrected chi connectivity index (χ2v) is 13.0. The van der Waals surface area contributed by atoms with E-state index in [1.165, 1.54) is 23.1 Å². The highest BCUT2D eigenvalue weighted by molar-refractivity contribution is 7.92. The van der Waals surface area contributed by atoms with E-state index in [0.717, 1.165) is 21.7 Å². The van der Waals surface area contributed by atoms with E-state index in [9.17, 15) is 18.0 Å². The van der Waals surface area contributed by atoms with Gasteiger partial charge < -0.3 is 10.2 Å². The smallest absolute Gasteiger partial charge is 0.244 e. The topological polar surface area (TPSA) is 86.8 Å². The summed E-state index contributed by atoms with van der Waals surface area (Å²) in [4.78, 5) is 29.0. The Bertz CT molecular complexity index is 1420. The van der Waals surface area contributed by atoms with Gasteiger partial charge in [-0.1, -0.05) is 91.1 Å². The molecule has 0 bridgehead atoms. The second kappa shape index (κ2) is 14.2. The van der Waals surface area contributed by atoms with Gasteiger partial charge in [0, 0.05) is 24.5 Å². The Hall–Kier alpha value is -2.78. The predicted molar refractivity (Wildman–Crippen MR) is 162 cm³/mol. The van der Waals surface area contributed by atoms with Crippen molar-refractivity contribution in [1.29, 1.82) is 0 Å². The first-order chi connectivity index (χ1) is 18.8. The van der Waals surface area contributed by atoms with Crippen molar-refractivity contribution in [3.8, 4) is 0 Å². The summed E-state index contributed by atoms with van der Waals surface area (Å²) in [5.41, 5.74) is 1.76. The Morgan fingerprint density at radius 1 is 0.875 bits per heavy atom. The molecule has 2 amide bonds. The van der Waals surface area contributed by atoms with E-state index in [1.54, 1.807) is 24.3 Å². The number of hydrogen-bond acceptors (Lipinski definition) is 4. The molecule has 3 aromatic rings. The zero-order chi connectivity index (χ0) is 29.4. The summed E-state index contributed by atoms with van der Waals surface area (Å²) in [6, 6.07) is 19.7. The summed E-state index contributed by atoms with van der Waals surface area (Å²) in [6.45, 7) is 3.88. The standard InChI is InChI=1S/C29H32Cl3N3O4S/c1-20(2)17-33-29(37)27(15-21-7-5-4-6-8-21)34(18-22-9-11-23(30)12-10-22)28(36)19-35(40(3,38)39)24-13-14-25(31)26(32)16-24/h4-14,16,20,27H,15,17-19H2,1-3H3,(H,33,37)/t27-/m0/s1. The van der Waals surface area contributed by atoms with Gasteiger partial charge in [0.15, 0.2) is 0 Å². The molecule has 11 heteroatoms. The first-order valence-electron chi connectivity index (χ1n) is 12.6. The lowest BCUT2D eigenvalue weighted by atomic mass is 10.0. The minimum Gasteiger partial charge on any atom is -0.354 e. The molecule has 0 spiro atoms. The summed E-state index contributed by atoms with van der Waals surface area (Å²) in [6.07, 6.45) is 1.23. The van der Waals surface area contributed by atoms with Crippen LogP contribution in [0.2, 0.25) is 15.1 Å². The SMILES string of the molecule is CC(C)CNC(=O)[C@H](Cc1ccccc1)N(Cc1ccc(Cl)cc1)C(=O)CN(c1ccc(Cl)c(Cl)c1)S(C)(=O)=O. The third-order valence-corrected chi connectivity index (χ3v) is 8.22. The highest BCUT2D eigenvalue weighted by atomic mass is 35.5. The summed E-state index contributed by atoms with van der Waals surface area (Å²) < 4.78 is 26.6. The van der Waals surface area contributed by atoms with Crippen molar-refractivity contribution in [2.24, 2.45) is 5.92 Å². The van der Waals surface area contributed by atoms with Crippen molar-refractivity contribution in [3.63, 3.8) is 0 Å². The average molecular weight is 625 g/mol. The number of anilines is 1. The van der Waals surface area contributed by atoms with Crippen LogP contribution in [0.4, 0.5) is 5.69 Å². The Morgan fingerprint density at radius 2 is 1.52 bits per heavy atom. The molecule has 0 radical (unpaired) electrons. The molecule has 0 aliphatic heterocycles. The molecule has 0 saturated heterocycles. The van der Waals surface area contributed by atoms with Crippen LogP contribution in [-0.2, 0) is 32.6 Å². The molecule has 1 N–H and O–H groups in total. The molecular formula is C29H32Cl3N3O4S. The van der Waals surface area contributed by atoms with Gasteiger partial charge in [-0.15, -0.1) is 0 Å². The molecule has 40 heavy (non-hydrogen) atoms. The van der Waals surface area contributed by atoms with Gasteiger partial charge in [-0.05, 0) is 47.4 Å². The van der Waals surface area contributed by atoms with Gasteiger partial charge in [0.25, 0.3) is 0 Å². The van der Waals surface area contributed by atoms with Crippen molar-refractivity contribution in [2.45, 2.75) is 32.9 Å². The highest BCUT2D eigenvalue weighted by Gasteiger charge is 2.33. The number of hydrogen-bond donors (Lipinski definition) is 1. The monoisotopic (exact) mass is 623 g/mol. The number of nitrogens with one attached hydrogen (secondary N) is 1. The second-order valence-electron chi connectivity index (χ2n) is 9.86. The molecule has 0 fully saturated rings. The largest absolute Gasteiger partial charge is 0.354 e. The summed E-state index contributed by atoms with van der Waals surface area (Å²) >= 11 is 18.3. The number of nitrogens with zero attached hydrogens (tertiary/aromatic N) is 2. The molecule has 3 aromatic carbocycles. The normalized spacial score (nSPS) is 12.2. The Kier molecular flexibility index (Phi) is 11.3. The zero-order valence-corrected chi connectivity index (χ0v) is 25.6. The Morgan fingerprint density at radius 3 is 2.10 bits per heavy atom. The number of carbonyl (C=O) groups is 2. The summed E-state index contributed by atoms with van der Waals surface area (Å²) in [5.74, 6) is -0.704. The third-order valence-electron chi connectivity index (χ3n) is 6.09. The minimum absolute atomic E-state index is 0.0571. The first kappa shape index (κ1) is 31.7. The van der Waals surface area contributed by atoms with Crippen LogP contribution >= 0.6 is 34.8 Å². The maximum Gasteiger partial charge on any atom is 0.244 e. The van der Waals surface area contributed by atoms with Crippen molar-refractivity contribution in [3.05, 3.63) is 99.0 Å². The molecule has 1 atom stereocenters. The molecule has 0 aliphatic rings. The van der Waals surface area contributed by atoms with Crippen molar-refractivity contribution < 1.29 is 18.0 Å². The molecule has 0 unspecified atom stereocenters. The van der Waals surface area contributed by atoms with E-state index < -0.39 is 28.5 Å². The summed E-state index contributed by atoms with van der Waals surface area (Å²) in [7, 11) is -3.91. The van der Waals surface area contributed by atoms with Gasteiger partial charge in [-0.25, -0.2) is 8.42 Å². The molecule has 0 aliphatic carbocycles. The van der Waals surface area contributed by atoms with Gasteiger partial charge >= 0.3 is 0 Å². The van der Waals surface area contributed by atoms with Crippen LogP contribution in [-0.4, -0.2) is 50.5 Å². The zero-order valence-electron chi connectivity index (χ0n) is 22.5. The van der Waals surface area contributed by atoms with Crippen molar-refractivity contribution in [2.75, 3.05) is 23.7 Å². The van der Waals surface area contributed by atoms with E-state index in [0.29, 0.717) is 11.6 Å². The van der Waals surface area contributed by atoms with Crippen LogP contribution in [0.1, 0.15) is 25.0 Å². The quantitative estimate of drug-likeness (QED) is 0.275. The maximum atomic E-state index is 14.0. The van der Waals surface area contributed by atoms with Crippen LogP contribution in [0.15, 0.2) is 72.8 Å².